The van der Waals surface area contributed by atoms with Crippen molar-refractivity contribution < 1.29 is 8.91 Å². The number of nitrogens with zero attached hydrogens (tertiary/aromatic N) is 3. The van der Waals surface area contributed by atoms with Crippen molar-refractivity contribution in [2.24, 2.45) is 0 Å². The van der Waals surface area contributed by atoms with Crippen molar-refractivity contribution in [2.45, 2.75) is 13.0 Å². The normalized spacial score (nSPS) is 16.6. The fourth-order valence-corrected chi connectivity index (χ4v) is 3.82. The molecule has 0 saturated carbocycles. The van der Waals surface area contributed by atoms with Gasteiger partial charge in [0.25, 0.3) is 5.89 Å². The van der Waals surface area contributed by atoms with Crippen molar-refractivity contribution >= 4 is 34.5 Å². The van der Waals surface area contributed by atoms with E-state index in [9.17, 15) is 4.39 Å². The van der Waals surface area contributed by atoms with Crippen molar-refractivity contribution in [2.75, 3.05) is 6.54 Å². The first-order valence-corrected chi connectivity index (χ1v) is 10.0. The van der Waals surface area contributed by atoms with Crippen LogP contribution in [0, 0.1) is 5.82 Å². The summed E-state index contributed by atoms with van der Waals surface area (Å²) in [6.07, 6.45) is 1.76. The maximum absolute atomic E-state index is 13.5. The van der Waals surface area contributed by atoms with Crippen LogP contribution in [0.1, 0.15) is 24.4 Å². The molecule has 0 amide bonds. The van der Waals surface area contributed by atoms with E-state index >= 15 is 0 Å². The van der Waals surface area contributed by atoms with Gasteiger partial charge in [0.05, 0.1) is 11.6 Å². The van der Waals surface area contributed by atoms with E-state index in [1.54, 1.807) is 30.3 Å². The molecule has 1 aliphatic heterocycles. The number of nitrogens with one attached hydrogen (secondary N) is 1. The second-order valence-corrected chi connectivity index (χ2v) is 7.59. The number of benzene rings is 2. The smallest absolute Gasteiger partial charge is 0.258 e. The number of allylic oxidation sites excluding steroid dienone is 1. The van der Waals surface area contributed by atoms with Crippen LogP contribution in [0.4, 0.5) is 4.39 Å². The molecule has 2 heterocycles. The van der Waals surface area contributed by atoms with Gasteiger partial charge in [0.15, 0.2) is 5.11 Å². The van der Waals surface area contributed by atoms with Gasteiger partial charge in [-0.15, -0.1) is 6.58 Å². The Bertz CT molecular complexity index is 1120. The molecule has 30 heavy (non-hydrogen) atoms. The molecule has 0 bridgehead atoms. The minimum Gasteiger partial charge on any atom is -0.351 e. The zero-order chi connectivity index (χ0) is 21.3. The molecule has 1 atom stereocenters. The molecule has 2 aromatic carbocycles. The molecular weight excluding hydrogens is 423 g/mol. The fourth-order valence-electron chi connectivity index (χ4n) is 3.36. The molecule has 1 aliphatic rings. The second-order valence-electron chi connectivity index (χ2n) is 6.76. The van der Waals surface area contributed by atoms with E-state index in [2.05, 4.69) is 22.0 Å². The lowest BCUT2D eigenvalue weighted by Gasteiger charge is -2.36. The topological polar surface area (TPSA) is 54.2 Å². The average molecular weight is 441 g/mol. The maximum atomic E-state index is 13.5. The van der Waals surface area contributed by atoms with Gasteiger partial charge in [-0.1, -0.05) is 35.0 Å². The van der Waals surface area contributed by atoms with E-state index in [0.717, 1.165) is 22.4 Å². The summed E-state index contributed by atoms with van der Waals surface area (Å²) in [7, 11) is 0. The largest absolute Gasteiger partial charge is 0.351 e. The summed E-state index contributed by atoms with van der Waals surface area (Å²) in [4.78, 5) is 6.52. The Morgan fingerprint density at radius 3 is 2.60 bits per heavy atom. The molecule has 3 aromatic rings. The minimum absolute atomic E-state index is 0.310. The number of hydrogen-bond acceptors (Lipinski definition) is 4. The molecule has 152 valence electrons. The molecule has 1 unspecified atom stereocenters. The molecule has 1 aromatic heterocycles. The van der Waals surface area contributed by atoms with Gasteiger partial charge in [0.1, 0.15) is 5.82 Å². The van der Waals surface area contributed by atoms with E-state index in [1.807, 2.05) is 24.0 Å². The Morgan fingerprint density at radius 2 is 1.93 bits per heavy atom. The van der Waals surface area contributed by atoms with E-state index in [-0.39, 0.29) is 11.9 Å². The number of thiocarbonyl (C=S) groups is 1. The standard InChI is InChI=1S/C22H18ClFN4OS/c1-3-12-28-13(2)18(19(25-22(28)30)14-6-10-17(24)11-7-14)21-26-20(27-29-21)15-4-8-16(23)9-5-15/h3-11,19H,1,12H2,2H3,(H,25,30). The minimum atomic E-state index is -0.363. The third-order valence-corrected chi connectivity index (χ3v) is 5.46. The van der Waals surface area contributed by atoms with Crippen molar-refractivity contribution in [3.63, 3.8) is 0 Å². The van der Waals surface area contributed by atoms with Crippen LogP contribution in [-0.2, 0) is 0 Å². The van der Waals surface area contributed by atoms with Gasteiger partial charge in [-0.25, -0.2) is 4.39 Å². The summed E-state index contributed by atoms with van der Waals surface area (Å²) >= 11 is 11.5. The molecule has 0 aliphatic carbocycles. The predicted octanol–water partition coefficient (Wildman–Crippen LogP) is 5.38. The predicted molar refractivity (Wildman–Crippen MR) is 119 cm³/mol. The van der Waals surface area contributed by atoms with Crippen LogP contribution >= 0.6 is 23.8 Å². The third-order valence-electron chi connectivity index (χ3n) is 4.87. The van der Waals surface area contributed by atoms with Crippen LogP contribution in [-0.4, -0.2) is 26.7 Å². The molecule has 4 rings (SSSR count). The van der Waals surface area contributed by atoms with Gasteiger partial charge in [-0.2, -0.15) is 4.98 Å². The maximum Gasteiger partial charge on any atom is 0.258 e. The van der Waals surface area contributed by atoms with E-state index < -0.39 is 0 Å². The zero-order valence-corrected chi connectivity index (χ0v) is 17.7. The van der Waals surface area contributed by atoms with E-state index in [4.69, 9.17) is 28.3 Å². The van der Waals surface area contributed by atoms with Crippen molar-refractivity contribution in [1.29, 1.82) is 0 Å². The lowest BCUT2D eigenvalue weighted by Crippen LogP contribution is -2.45. The number of rotatable bonds is 5. The highest BCUT2D eigenvalue weighted by molar-refractivity contribution is 7.80. The van der Waals surface area contributed by atoms with Crippen molar-refractivity contribution in [3.8, 4) is 11.4 Å². The molecular formula is C22H18ClFN4OS. The molecule has 0 fully saturated rings. The molecule has 5 nitrogen and oxygen atoms in total. The highest BCUT2D eigenvalue weighted by Gasteiger charge is 2.33. The van der Waals surface area contributed by atoms with Gasteiger partial charge in [-0.3, -0.25) is 0 Å². The average Bonchev–Trinajstić information content (AvgIpc) is 3.21. The summed E-state index contributed by atoms with van der Waals surface area (Å²) in [5.41, 5.74) is 3.25. The third kappa shape index (κ3) is 3.86. The van der Waals surface area contributed by atoms with Crippen molar-refractivity contribution in [1.82, 2.24) is 20.4 Å². The summed E-state index contributed by atoms with van der Waals surface area (Å²) < 4.78 is 19.1. The first kappa shape index (κ1) is 20.3. The van der Waals surface area contributed by atoms with Gasteiger partial charge < -0.3 is 14.7 Å². The summed E-state index contributed by atoms with van der Waals surface area (Å²) in [5.74, 6) is 0.495. The summed E-state index contributed by atoms with van der Waals surface area (Å²) in [6.45, 7) is 6.27. The van der Waals surface area contributed by atoms with Crippen LogP contribution in [0.25, 0.3) is 17.0 Å². The number of hydrogen-bond donors (Lipinski definition) is 1. The highest BCUT2D eigenvalue weighted by Crippen LogP contribution is 2.37. The Morgan fingerprint density at radius 1 is 1.23 bits per heavy atom. The van der Waals surface area contributed by atoms with Crippen LogP contribution in [0.2, 0.25) is 5.02 Å². The van der Waals surface area contributed by atoms with Gasteiger partial charge >= 0.3 is 0 Å². The molecule has 0 saturated heterocycles. The molecule has 0 spiro atoms. The first-order chi connectivity index (χ1) is 14.5. The van der Waals surface area contributed by atoms with Crippen LogP contribution in [0.15, 0.2) is 71.4 Å². The lowest BCUT2D eigenvalue weighted by atomic mass is 9.95. The quantitative estimate of drug-likeness (QED) is 0.424. The van der Waals surface area contributed by atoms with Gasteiger partial charge in [0, 0.05) is 22.8 Å². The van der Waals surface area contributed by atoms with E-state index in [0.29, 0.717) is 28.4 Å². The second kappa shape index (κ2) is 8.38. The Labute approximate surface area is 183 Å². The summed E-state index contributed by atoms with van der Waals surface area (Å²) in [6, 6.07) is 13.1. The zero-order valence-electron chi connectivity index (χ0n) is 16.1. The van der Waals surface area contributed by atoms with Crippen molar-refractivity contribution in [3.05, 3.63) is 89.2 Å². The lowest BCUT2D eigenvalue weighted by molar-refractivity contribution is 0.399. The Hall–Kier alpha value is -3.03. The number of halogens is 2. The van der Waals surface area contributed by atoms with Crippen LogP contribution in [0.3, 0.4) is 0 Å². The molecule has 0 radical (unpaired) electrons. The molecule has 8 heteroatoms. The van der Waals surface area contributed by atoms with E-state index in [1.165, 1.54) is 12.1 Å². The monoisotopic (exact) mass is 440 g/mol. The highest BCUT2D eigenvalue weighted by atomic mass is 35.5. The van der Waals surface area contributed by atoms with Crippen LogP contribution < -0.4 is 5.32 Å². The molecule has 1 N–H and O–H groups in total. The fraction of sp³-hybridized carbons (Fsp3) is 0.136. The van der Waals surface area contributed by atoms with Gasteiger partial charge in [0.2, 0.25) is 5.82 Å². The summed E-state index contributed by atoms with van der Waals surface area (Å²) in [5, 5.41) is 8.61. The van der Waals surface area contributed by atoms with Gasteiger partial charge in [-0.05, 0) is 61.1 Å². The Kier molecular flexibility index (Phi) is 5.65. The van der Waals surface area contributed by atoms with Crippen LogP contribution in [0.5, 0.6) is 0 Å². The number of aromatic nitrogens is 2. The SMILES string of the molecule is C=CCN1C(=S)NC(c2ccc(F)cc2)C(c2nc(-c3ccc(Cl)cc3)no2)=C1C. The Balaban J connectivity index is 1.81. The first-order valence-electron chi connectivity index (χ1n) is 9.23.